The third-order valence-electron chi connectivity index (χ3n) is 4.40. The molecule has 6 heteroatoms. The van der Waals surface area contributed by atoms with Gasteiger partial charge in [-0.25, -0.2) is 4.98 Å². The Balaban J connectivity index is 1.62. The molecule has 0 saturated heterocycles. The normalized spacial score (nSPS) is 10.5. The van der Waals surface area contributed by atoms with Gasteiger partial charge < -0.3 is 10.2 Å². The van der Waals surface area contributed by atoms with Crippen molar-refractivity contribution >= 4 is 29.0 Å². The first-order valence-electron chi connectivity index (χ1n) is 8.67. The van der Waals surface area contributed by atoms with Crippen LogP contribution in [0.15, 0.2) is 61.1 Å². The van der Waals surface area contributed by atoms with Crippen LogP contribution in [0, 0.1) is 6.92 Å². The standard InChI is InChI=1S/C21H21ClN4O/c1-15-18(22)4-3-5-19(15)25-21(27)17-6-7-20(24-14-17)26(2)13-10-16-8-11-23-12-9-16/h3-9,11-12,14H,10,13H2,1-2H3,(H,25,27). The van der Waals surface area contributed by atoms with E-state index in [0.717, 1.165) is 24.3 Å². The van der Waals surface area contributed by atoms with Crippen molar-refractivity contribution < 1.29 is 4.79 Å². The molecular formula is C21H21ClN4O. The van der Waals surface area contributed by atoms with Crippen LogP contribution in [0.2, 0.25) is 5.02 Å². The van der Waals surface area contributed by atoms with E-state index in [1.54, 1.807) is 30.7 Å². The first kappa shape index (κ1) is 18.9. The lowest BCUT2D eigenvalue weighted by molar-refractivity contribution is 0.102. The predicted octanol–water partition coefficient (Wildman–Crippen LogP) is 4.37. The Morgan fingerprint density at radius 2 is 1.93 bits per heavy atom. The van der Waals surface area contributed by atoms with Crippen molar-refractivity contribution in [2.75, 3.05) is 23.8 Å². The fourth-order valence-electron chi connectivity index (χ4n) is 2.64. The number of halogens is 1. The van der Waals surface area contributed by atoms with E-state index >= 15 is 0 Å². The fraction of sp³-hybridized carbons (Fsp3) is 0.190. The summed E-state index contributed by atoms with van der Waals surface area (Å²) >= 11 is 6.10. The highest BCUT2D eigenvalue weighted by Gasteiger charge is 2.11. The second-order valence-electron chi connectivity index (χ2n) is 6.30. The monoisotopic (exact) mass is 380 g/mol. The number of amides is 1. The Labute approximate surface area is 164 Å². The second kappa shape index (κ2) is 8.64. The van der Waals surface area contributed by atoms with E-state index < -0.39 is 0 Å². The molecule has 1 aromatic carbocycles. The molecule has 1 amide bonds. The fourth-order valence-corrected chi connectivity index (χ4v) is 2.82. The van der Waals surface area contributed by atoms with Gasteiger partial charge in [0.2, 0.25) is 0 Å². The zero-order valence-electron chi connectivity index (χ0n) is 15.3. The Morgan fingerprint density at radius 1 is 1.15 bits per heavy atom. The molecule has 0 radical (unpaired) electrons. The largest absolute Gasteiger partial charge is 0.359 e. The van der Waals surface area contributed by atoms with Crippen molar-refractivity contribution in [3.8, 4) is 0 Å². The van der Waals surface area contributed by atoms with Crippen molar-refractivity contribution in [3.05, 3.63) is 82.8 Å². The highest BCUT2D eigenvalue weighted by molar-refractivity contribution is 6.31. The molecule has 0 aliphatic carbocycles. The molecule has 5 nitrogen and oxygen atoms in total. The molecule has 0 spiro atoms. The minimum atomic E-state index is -0.209. The number of carbonyl (C=O) groups excluding carboxylic acids is 1. The van der Waals surface area contributed by atoms with Gasteiger partial charge in [0.25, 0.3) is 5.91 Å². The smallest absolute Gasteiger partial charge is 0.257 e. The van der Waals surface area contributed by atoms with Crippen LogP contribution in [-0.2, 0) is 6.42 Å². The molecule has 27 heavy (non-hydrogen) atoms. The number of anilines is 2. The highest BCUT2D eigenvalue weighted by Crippen LogP contribution is 2.23. The van der Waals surface area contributed by atoms with Crippen molar-refractivity contribution in [1.29, 1.82) is 0 Å². The van der Waals surface area contributed by atoms with Gasteiger partial charge >= 0.3 is 0 Å². The minimum Gasteiger partial charge on any atom is -0.359 e. The highest BCUT2D eigenvalue weighted by atomic mass is 35.5. The van der Waals surface area contributed by atoms with Crippen LogP contribution < -0.4 is 10.2 Å². The van der Waals surface area contributed by atoms with Crippen molar-refractivity contribution in [1.82, 2.24) is 9.97 Å². The van der Waals surface area contributed by atoms with Gasteiger partial charge in [0, 0.05) is 42.9 Å². The van der Waals surface area contributed by atoms with Crippen molar-refractivity contribution in [2.24, 2.45) is 0 Å². The Bertz CT molecular complexity index is 913. The summed E-state index contributed by atoms with van der Waals surface area (Å²) in [7, 11) is 1.98. The number of nitrogens with zero attached hydrogens (tertiary/aromatic N) is 3. The molecule has 0 fully saturated rings. The molecule has 3 aromatic rings. The molecule has 138 valence electrons. The first-order valence-corrected chi connectivity index (χ1v) is 9.05. The Kier molecular flexibility index (Phi) is 6.04. The van der Waals surface area contributed by atoms with Gasteiger partial charge in [0.1, 0.15) is 5.82 Å². The minimum absolute atomic E-state index is 0.209. The lowest BCUT2D eigenvalue weighted by Crippen LogP contribution is -2.21. The number of hydrogen-bond acceptors (Lipinski definition) is 4. The predicted molar refractivity (Wildman–Crippen MR) is 110 cm³/mol. The van der Waals surface area contributed by atoms with E-state index in [9.17, 15) is 4.79 Å². The molecule has 0 saturated carbocycles. The number of nitrogens with one attached hydrogen (secondary N) is 1. The lowest BCUT2D eigenvalue weighted by Gasteiger charge is -2.18. The molecule has 0 aliphatic heterocycles. The van der Waals surface area contributed by atoms with Gasteiger partial charge in [-0.3, -0.25) is 9.78 Å². The number of benzene rings is 1. The lowest BCUT2D eigenvalue weighted by atomic mass is 10.2. The molecule has 0 atom stereocenters. The molecule has 0 unspecified atom stereocenters. The first-order chi connectivity index (χ1) is 13.0. The van der Waals surface area contributed by atoms with E-state index in [1.165, 1.54) is 5.56 Å². The SMILES string of the molecule is Cc1c(Cl)cccc1NC(=O)c1ccc(N(C)CCc2ccncc2)nc1. The van der Waals surface area contributed by atoms with E-state index in [-0.39, 0.29) is 5.91 Å². The summed E-state index contributed by atoms with van der Waals surface area (Å²) in [6.45, 7) is 2.70. The Morgan fingerprint density at radius 3 is 2.63 bits per heavy atom. The van der Waals surface area contributed by atoms with Crippen LogP contribution in [0.3, 0.4) is 0 Å². The number of rotatable bonds is 6. The van der Waals surface area contributed by atoms with Crippen LogP contribution >= 0.6 is 11.6 Å². The van der Waals surface area contributed by atoms with Gasteiger partial charge in [-0.1, -0.05) is 17.7 Å². The van der Waals surface area contributed by atoms with Gasteiger partial charge in [0.15, 0.2) is 0 Å². The second-order valence-corrected chi connectivity index (χ2v) is 6.71. The summed E-state index contributed by atoms with van der Waals surface area (Å²) in [5.41, 5.74) is 3.27. The maximum atomic E-state index is 12.5. The maximum Gasteiger partial charge on any atom is 0.257 e. The van der Waals surface area contributed by atoms with Crippen molar-refractivity contribution in [3.63, 3.8) is 0 Å². The number of aromatic nitrogens is 2. The maximum absolute atomic E-state index is 12.5. The zero-order chi connectivity index (χ0) is 19.2. The summed E-state index contributed by atoms with van der Waals surface area (Å²) in [6.07, 6.45) is 6.08. The average Bonchev–Trinajstić information content (AvgIpc) is 2.70. The third kappa shape index (κ3) is 4.83. The number of carbonyl (C=O) groups is 1. The van der Waals surface area contributed by atoms with E-state index in [2.05, 4.69) is 20.2 Å². The van der Waals surface area contributed by atoms with Crippen molar-refractivity contribution in [2.45, 2.75) is 13.3 Å². The number of likely N-dealkylation sites (N-methyl/N-ethyl adjacent to an activating group) is 1. The molecule has 0 bridgehead atoms. The molecule has 0 aliphatic rings. The molecule has 1 N–H and O–H groups in total. The summed E-state index contributed by atoms with van der Waals surface area (Å²) in [4.78, 5) is 23.0. The Hall–Kier alpha value is -2.92. The number of pyridine rings is 2. The van der Waals surface area contributed by atoms with Gasteiger partial charge in [0.05, 0.1) is 5.56 Å². The molecule has 2 heterocycles. The van der Waals surface area contributed by atoms with Crippen LogP contribution in [0.4, 0.5) is 11.5 Å². The van der Waals surface area contributed by atoms with Gasteiger partial charge in [-0.05, 0) is 60.9 Å². The van der Waals surface area contributed by atoms with Crippen LogP contribution in [0.5, 0.6) is 0 Å². The van der Waals surface area contributed by atoms with Gasteiger partial charge in [-0.2, -0.15) is 0 Å². The average molecular weight is 381 g/mol. The van der Waals surface area contributed by atoms with E-state index in [0.29, 0.717) is 16.3 Å². The summed E-state index contributed by atoms with van der Waals surface area (Å²) in [5.74, 6) is 0.610. The quantitative estimate of drug-likeness (QED) is 0.689. The zero-order valence-corrected chi connectivity index (χ0v) is 16.1. The van der Waals surface area contributed by atoms with Crippen LogP contribution in [0.25, 0.3) is 0 Å². The summed E-state index contributed by atoms with van der Waals surface area (Å²) < 4.78 is 0. The molecule has 3 rings (SSSR count). The third-order valence-corrected chi connectivity index (χ3v) is 4.81. The topological polar surface area (TPSA) is 58.1 Å². The summed E-state index contributed by atoms with van der Waals surface area (Å²) in [5, 5.41) is 3.50. The van der Waals surface area contributed by atoms with Crippen LogP contribution in [-0.4, -0.2) is 29.5 Å². The molecule has 2 aromatic heterocycles. The summed E-state index contributed by atoms with van der Waals surface area (Å²) in [6, 6.07) is 13.1. The van der Waals surface area contributed by atoms with Gasteiger partial charge in [-0.15, -0.1) is 0 Å². The van der Waals surface area contributed by atoms with E-state index in [4.69, 9.17) is 11.6 Å². The van der Waals surface area contributed by atoms with E-state index in [1.807, 2.05) is 44.3 Å². The number of hydrogen-bond donors (Lipinski definition) is 1. The van der Waals surface area contributed by atoms with Crippen LogP contribution in [0.1, 0.15) is 21.5 Å². The molecular weight excluding hydrogens is 360 g/mol.